The second-order valence-electron chi connectivity index (χ2n) is 30.4. The van der Waals surface area contributed by atoms with Gasteiger partial charge < -0.3 is 33.8 Å². The Labute approximate surface area is 613 Å². The Morgan fingerprint density at radius 1 is 0.290 bits per heavy atom. The number of ether oxygens (including phenoxy) is 4. The molecule has 0 radical (unpaired) electrons. The fourth-order valence-electron chi connectivity index (χ4n) is 12.5. The average Bonchev–Trinajstić information content (AvgIpc) is 0.917. The predicted octanol–water partition coefficient (Wildman–Crippen LogP) is 24.1. The van der Waals surface area contributed by atoms with E-state index < -0.39 is 97.5 Å². The minimum Gasteiger partial charge on any atom is -0.462 e. The van der Waals surface area contributed by atoms with Gasteiger partial charge in [-0.25, -0.2) is 9.13 Å². The predicted molar refractivity (Wildman–Crippen MR) is 409 cm³/mol. The third-order valence-corrected chi connectivity index (χ3v) is 21.1. The molecule has 0 aromatic heterocycles. The Bertz CT molecular complexity index is 1940. The number of rotatable bonds is 79. The van der Waals surface area contributed by atoms with Gasteiger partial charge in [-0.3, -0.25) is 37.3 Å². The average molecular weight is 1470 g/mol. The highest BCUT2D eigenvalue weighted by atomic mass is 31.2. The number of esters is 4. The van der Waals surface area contributed by atoms with Crippen LogP contribution in [0.3, 0.4) is 0 Å². The maximum atomic E-state index is 13.1. The summed E-state index contributed by atoms with van der Waals surface area (Å²) in [5.41, 5.74) is 0. The van der Waals surface area contributed by atoms with Gasteiger partial charge in [0.1, 0.15) is 19.3 Å². The summed E-state index contributed by atoms with van der Waals surface area (Å²) < 4.78 is 68.7. The number of carbonyl (C=O) groups excluding carboxylic acids is 4. The summed E-state index contributed by atoms with van der Waals surface area (Å²) in [6.45, 7) is 12.0. The van der Waals surface area contributed by atoms with E-state index in [2.05, 4.69) is 48.5 Å². The molecular formula is C81H158O17P2. The smallest absolute Gasteiger partial charge is 0.462 e. The zero-order valence-corrected chi connectivity index (χ0v) is 67.5. The van der Waals surface area contributed by atoms with Gasteiger partial charge in [0.05, 0.1) is 26.4 Å². The minimum atomic E-state index is -4.96. The maximum absolute atomic E-state index is 13.1. The molecule has 0 saturated carbocycles. The first-order valence-corrected chi connectivity index (χ1v) is 44.9. The minimum absolute atomic E-state index is 0.106. The van der Waals surface area contributed by atoms with E-state index in [0.29, 0.717) is 25.7 Å². The van der Waals surface area contributed by atoms with Gasteiger partial charge in [-0.05, 0) is 43.4 Å². The first-order chi connectivity index (χ1) is 48.3. The van der Waals surface area contributed by atoms with Gasteiger partial charge in [-0.15, -0.1) is 0 Å². The first-order valence-electron chi connectivity index (χ1n) is 41.9. The number of unbranched alkanes of at least 4 members (excludes halogenated alkanes) is 46. The quantitative estimate of drug-likeness (QED) is 0.0222. The maximum Gasteiger partial charge on any atom is 0.472 e. The zero-order valence-electron chi connectivity index (χ0n) is 65.7. The van der Waals surface area contributed by atoms with Crippen LogP contribution in [-0.2, 0) is 65.4 Å². The molecule has 0 bridgehead atoms. The third-order valence-electron chi connectivity index (χ3n) is 19.2. The van der Waals surface area contributed by atoms with Crippen molar-refractivity contribution in [1.82, 2.24) is 0 Å². The zero-order chi connectivity index (χ0) is 73.7. The van der Waals surface area contributed by atoms with E-state index in [-0.39, 0.29) is 25.7 Å². The highest BCUT2D eigenvalue weighted by Gasteiger charge is 2.30. The molecule has 594 valence electrons. The van der Waals surface area contributed by atoms with Crippen LogP contribution in [0.5, 0.6) is 0 Å². The van der Waals surface area contributed by atoms with Crippen LogP contribution in [0.25, 0.3) is 0 Å². The normalized spacial score (nSPS) is 14.2. The van der Waals surface area contributed by atoms with Crippen LogP contribution >= 0.6 is 15.6 Å². The van der Waals surface area contributed by atoms with Crippen molar-refractivity contribution in [1.29, 1.82) is 0 Å². The molecule has 0 aliphatic carbocycles. The van der Waals surface area contributed by atoms with Crippen LogP contribution in [0, 0.1) is 17.8 Å². The molecule has 19 heteroatoms. The SMILES string of the molecule is CCCCCCCCCCCCCCC(=O)OC[C@H](COP(=O)(O)OC[C@H](O)COP(=O)(O)OC[C@@H](COC(=O)CCCCCCCCCCCCC(C)C)OC(=O)CCCCCCCCCCCCCCCCCCCCC(C)CC)OC(=O)CCCCCCCCCCCCC(C)C. The number of hydrogen-bond donors (Lipinski definition) is 3. The molecule has 3 unspecified atom stereocenters. The van der Waals surface area contributed by atoms with Crippen molar-refractivity contribution in [2.24, 2.45) is 17.8 Å². The molecule has 0 fully saturated rings. The third kappa shape index (κ3) is 73.0. The molecule has 3 N–H and O–H groups in total. The first kappa shape index (κ1) is 98.1. The summed E-state index contributed by atoms with van der Waals surface area (Å²) in [7, 11) is -9.92. The van der Waals surface area contributed by atoms with Crippen molar-refractivity contribution in [3.63, 3.8) is 0 Å². The molecule has 6 atom stereocenters. The number of hydrogen-bond acceptors (Lipinski definition) is 15. The van der Waals surface area contributed by atoms with Gasteiger partial charge in [0.15, 0.2) is 12.2 Å². The lowest BCUT2D eigenvalue weighted by molar-refractivity contribution is -0.161. The highest BCUT2D eigenvalue weighted by molar-refractivity contribution is 7.47. The summed E-state index contributed by atoms with van der Waals surface area (Å²) in [4.78, 5) is 73.0. The van der Waals surface area contributed by atoms with Crippen LogP contribution in [0.15, 0.2) is 0 Å². The van der Waals surface area contributed by atoms with Gasteiger partial charge in [0.25, 0.3) is 0 Å². The second kappa shape index (κ2) is 71.3. The van der Waals surface area contributed by atoms with Crippen molar-refractivity contribution in [2.75, 3.05) is 39.6 Å². The summed E-state index contributed by atoms with van der Waals surface area (Å²) in [6.07, 6.45) is 59.6. The van der Waals surface area contributed by atoms with Crippen molar-refractivity contribution >= 4 is 39.5 Å². The van der Waals surface area contributed by atoms with E-state index in [0.717, 1.165) is 108 Å². The molecule has 17 nitrogen and oxygen atoms in total. The van der Waals surface area contributed by atoms with E-state index in [1.807, 2.05) is 0 Å². The number of aliphatic hydroxyl groups excluding tert-OH is 1. The lowest BCUT2D eigenvalue weighted by Gasteiger charge is -2.21. The molecule has 0 aromatic carbocycles. The number of phosphoric ester groups is 2. The molecule has 0 saturated heterocycles. The Balaban J connectivity index is 5.22. The lowest BCUT2D eigenvalue weighted by atomic mass is 9.99. The molecular weight excluding hydrogens is 1310 g/mol. The fraction of sp³-hybridized carbons (Fsp3) is 0.951. The van der Waals surface area contributed by atoms with Crippen LogP contribution in [-0.4, -0.2) is 96.7 Å². The van der Waals surface area contributed by atoms with E-state index in [9.17, 15) is 43.2 Å². The highest BCUT2D eigenvalue weighted by Crippen LogP contribution is 2.45. The number of aliphatic hydroxyl groups is 1. The number of phosphoric acid groups is 2. The van der Waals surface area contributed by atoms with E-state index in [1.165, 1.54) is 231 Å². The Morgan fingerprint density at radius 3 is 0.760 bits per heavy atom. The van der Waals surface area contributed by atoms with E-state index in [4.69, 9.17) is 37.0 Å². The molecule has 100 heavy (non-hydrogen) atoms. The fourth-order valence-corrected chi connectivity index (χ4v) is 14.0. The summed E-state index contributed by atoms with van der Waals surface area (Å²) >= 11 is 0. The monoisotopic (exact) mass is 1470 g/mol. The standard InChI is InChI=1S/C81H158O17P2/c1-8-10-11-12-13-14-15-25-34-41-48-55-62-78(83)91-68-77(98-81(86)65-58-51-44-37-30-28-32-39-46-53-60-73(5)6)71-96-100(89,90)94-67-75(82)66-93-99(87,88)95-70-76(69-92-79(84)63-56-49-42-35-29-27-31-38-45-52-59-72(3)4)97-80(85)64-57-50-43-36-26-23-21-19-17-16-18-20-22-24-33-40-47-54-61-74(7)9-2/h72-77,82H,8-71H2,1-7H3,(H,87,88)(H,89,90)/t74?,75-,76-,77-/m1/s1. The van der Waals surface area contributed by atoms with Crippen molar-refractivity contribution < 1.29 is 80.2 Å². The largest absolute Gasteiger partial charge is 0.472 e. The molecule has 0 spiro atoms. The summed E-state index contributed by atoms with van der Waals surface area (Å²) in [5.74, 6) is 0.271. The van der Waals surface area contributed by atoms with Crippen molar-refractivity contribution in [3.8, 4) is 0 Å². The Morgan fingerprint density at radius 2 is 0.510 bits per heavy atom. The number of carbonyl (C=O) groups is 4. The van der Waals surface area contributed by atoms with Gasteiger partial charge in [0, 0.05) is 25.7 Å². The molecule has 0 rings (SSSR count). The van der Waals surface area contributed by atoms with Crippen LogP contribution < -0.4 is 0 Å². The second-order valence-corrected chi connectivity index (χ2v) is 33.3. The van der Waals surface area contributed by atoms with Gasteiger partial charge in [-0.2, -0.15) is 0 Å². The van der Waals surface area contributed by atoms with Gasteiger partial charge in [0.2, 0.25) is 0 Å². The van der Waals surface area contributed by atoms with Crippen LogP contribution in [0.1, 0.15) is 421 Å². The molecule has 0 aliphatic heterocycles. The van der Waals surface area contributed by atoms with Crippen molar-refractivity contribution in [2.45, 2.75) is 439 Å². The molecule has 0 aromatic rings. The van der Waals surface area contributed by atoms with E-state index in [1.54, 1.807) is 0 Å². The molecule has 0 heterocycles. The molecule has 0 aliphatic rings. The summed E-state index contributed by atoms with van der Waals surface area (Å²) in [6, 6.07) is 0. The van der Waals surface area contributed by atoms with Crippen molar-refractivity contribution in [3.05, 3.63) is 0 Å². The topological polar surface area (TPSA) is 237 Å². The Hall–Kier alpha value is -1.94. The van der Waals surface area contributed by atoms with Crippen LogP contribution in [0.4, 0.5) is 0 Å². The van der Waals surface area contributed by atoms with E-state index >= 15 is 0 Å². The summed E-state index contributed by atoms with van der Waals surface area (Å²) in [5, 5.41) is 10.6. The van der Waals surface area contributed by atoms with Gasteiger partial charge >= 0.3 is 39.5 Å². The van der Waals surface area contributed by atoms with Crippen LogP contribution in [0.2, 0.25) is 0 Å². The Kier molecular flexibility index (Phi) is 69.9. The lowest BCUT2D eigenvalue weighted by Crippen LogP contribution is -2.30. The van der Waals surface area contributed by atoms with Gasteiger partial charge in [-0.1, -0.05) is 370 Å². The molecule has 0 amide bonds.